The van der Waals surface area contributed by atoms with Crippen molar-refractivity contribution in [3.63, 3.8) is 0 Å². The first kappa shape index (κ1) is 39.3. The van der Waals surface area contributed by atoms with Crippen LogP contribution in [0.25, 0.3) is 11.4 Å². The second kappa shape index (κ2) is 16.5. The molecular formula is C44H51N11O5. The third-order valence-corrected chi connectivity index (χ3v) is 12.3. The third-order valence-electron chi connectivity index (χ3n) is 12.3. The fraction of sp³-hybridized carbons (Fsp3) is 0.432. The van der Waals surface area contributed by atoms with E-state index in [1.54, 1.807) is 29.6 Å². The van der Waals surface area contributed by atoms with E-state index in [-0.39, 0.29) is 40.7 Å². The molecule has 0 radical (unpaired) electrons. The summed E-state index contributed by atoms with van der Waals surface area (Å²) in [5, 5.41) is 25.4. The molecule has 2 aromatic carbocycles. The van der Waals surface area contributed by atoms with Gasteiger partial charge in [-0.25, -0.2) is 19.9 Å². The quantitative estimate of drug-likeness (QED) is 0.191. The molecule has 2 saturated heterocycles. The number of carbonyl (C=O) groups excluding carboxylic acids is 2. The van der Waals surface area contributed by atoms with Crippen molar-refractivity contribution in [1.29, 1.82) is 0 Å². The molecule has 2 fully saturated rings. The maximum absolute atomic E-state index is 13.9. The summed E-state index contributed by atoms with van der Waals surface area (Å²) in [5.41, 5.74) is 13.2. The van der Waals surface area contributed by atoms with Gasteiger partial charge in [0.05, 0.1) is 48.3 Å². The van der Waals surface area contributed by atoms with Gasteiger partial charge < -0.3 is 35.4 Å². The summed E-state index contributed by atoms with van der Waals surface area (Å²) < 4.78 is 7.52. The minimum Gasteiger partial charge on any atom is -0.508 e. The lowest BCUT2D eigenvalue weighted by molar-refractivity contribution is 0.0728. The highest BCUT2D eigenvalue weighted by molar-refractivity contribution is 5.97. The zero-order valence-corrected chi connectivity index (χ0v) is 34.1. The summed E-state index contributed by atoms with van der Waals surface area (Å²) in [6, 6.07) is 9.36. The van der Waals surface area contributed by atoms with E-state index >= 15 is 0 Å². The van der Waals surface area contributed by atoms with Crippen LogP contribution in [-0.2, 0) is 43.9 Å². The molecule has 7 heterocycles. The number of nitrogen functional groups attached to an aromatic ring is 1. The highest BCUT2D eigenvalue weighted by atomic mass is 16.5. The number of aromatic hydroxyl groups is 2. The van der Waals surface area contributed by atoms with Crippen molar-refractivity contribution >= 4 is 23.6 Å². The monoisotopic (exact) mass is 813 g/mol. The van der Waals surface area contributed by atoms with Crippen LogP contribution < -0.4 is 10.6 Å². The topological polar surface area (TPSA) is 192 Å². The first-order valence-corrected chi connectivity index (χ1v) is 20.9. The number of hydrogen-bond acceptors (Lipinski definition) is 13. The van der Waals surface area contributed by atoms with Gasteiger partial charge in [-0.15, -0.1) is 0 Å². The lowest BCUT2D eigenvalue weighted by Gasteiger charge is -2.34. The average Bonchev–Trinajstić information content (AvgIpc) is 3.91. The summed E-state index contributed by atoms with van der Waals surface area (Å²) >= 11 is 0. The van der Waals surface area contributed by atoms with Crippen LogP contribution in [0.15, 0.2) is 55.1 Å². The Bertz CT molecular complexity index is 2400. The number of hydrogen-bond donors (Lipinski definition) is 3. The molecule has 0 spiro atoms. The minimum atomic E-state index is -0.242. The molecule has 0 aliphatic carbocycles. The van der Waals surface area contributed by atoms with Crippen molar-refractivity contribution in [1.82, 2.24) is 44.4 Å². The molecule has 4 aliphatic rings. The van der Waals surface area contributed by atoms with Gasteiger partial charge in [-0.2, -0.15) is 5.10 Å². The molecule has 16 heteroatoms. The van der Waals surface area contributed by atoms with Gasteiger partial charge in [0, 0.05) is 76.0 Å². The number of carbonyl (C=O) groups is 2. The average molecular weight is 814 g/mol. The van der Waals surface area contributed by atoms with Gasteiger partial charge in [-0.3, -0.25) is 19.2 Å². The Kier molecular flexibility index (Phi) is 10.8. The molecule has 16 nitrogen and oxygen atoms in total. The van der Waals surface area contributed by atoms with Gasteiger partial charge in [-0.05, 0) is 72.5 Å². The first-order chi connectivity index (χ1) is 29.1. The predicted octanol–water partition coefficient (Wildman–Crippen LogP) is 4.35. The number of amides is 2. The number of benzene rings is 2. The first-order valence-electron chi connectivity index (χ1n) is 20.9. The molecule has 312 valence electrons. The van der Waals surface area contributed by atoms with Gasteiger partial charge in [0.15, 0.2) is 5.82 Å². The fourth-order valence-corrected chi connectivity index (χ4v) is 8.90. The molecule has 0 atom stereocenters. The van der Waals surface area contributed by atoms with Crippen LogP contribution in [0.4, 0.5) is 11.8 Å². The van der Waals surface area contributed by atoms with Crippen LogP contribution >= 0.6 is 0 Å². The predicted molar refractivity (Wildman–Crippen MR) is 223 cm³/mol. The maximum atomic E-state index is 13.9. The molecule has 4 N–H and O–H groups in total. The van der Waals surface area contributed by atoms with Crippen LogP contribution in [0.1, 0.15) is 86.8 Å². The van der Waals surface area contributed by atoms with E-state index in [1.165, 1.54) is 11.6 Å². The van der Waals surface area contributed by atoms with E-state index in [0.29, 0.717) is 74.2 Å². The summed E-state index contributed by atoms with van der Waals surface area (Å²) in [6.07, 6.45) is 9.52. The van der Waals surface area contributed by atoms with Crippen molar-refractivity contribution in [2.75, 3.05) is 56.6 Å². The molecular weight excluding hydrogens is 763 g/mol. The van der Waals surface area contributed by atoms with E-state index in [0.717, 1.165) is 80.3 Å². The largest absolute Gasteiger partial charge is 0.508 e. The van der Waals surface area contributed by atoms with Gasteiger partial charge in [0.1, 0.15) is 17.3 Å². The number of fused-ring (bicyclic) bond motifs is 2. The van der Waals surface area contributed by atoms with Crippen LogP contribution in [-0.4, -0.2) is 112 Å². The summed E-state index contributed by atoms with van der Waals surface area (Å²) in [7, 11) is 0. The summed E-state index contributed by atoms with van der Waals surface area (Å²) in [4.78, 5) is 53.8. The van der Waals surface area contributed by atoms with Crippen LogP contribution in [0, 0.1) is 5.92 Å². The standard InChI is InChI=1S/C44H51N11O5/c1-27(2)35-16-36(39(57)17-38(35)56)43(59)54-23-30-4-3-29(15-31(30)24-54)21-51-8-5-28(6-9-51)22-55-25-33(20-48-55)42(58)53-10-7-34-37(26-53)49-40(32-18-46-44(45)47-19-32)50-41(34)52-11-13-60-14-12-52/h3-4,15-20,25,27-28,56-57H,5-14,21-24,26H2,1-2H3,(H2,45,46,47). The Morgan fingerprint density at radius 2 is 1.63 bits per heavy atom. The summed E-state index contributed by atoms with van der Waals surface area (Å²) in [5.74, 6) is 1.52. The number of aromatic nitrogens is 6. The Balaban J connectivity index is 0.790. The number of ether oxygens (including phenoxy) is 1. The van der Waals surface area contributed by atoms with Crippen LogP contribution in [0.3, 0.4) is 0 Å². The molecule has 3 aromatic heterocycles. The van der Waals surface area contributed by atoms with E-state index in [9.17, 15) is 19.8 Å². The number of anilines is 2. The maximum Gasteiger partial charge on any atom is 0.258 e. The van der Waals surface area contributed by atoms with Gasteiger partial charge in [0.2, 0.25) is 5.95 Å². The van der Waals surface area contributed by atoms with E-state index in [4.69, 9.17) is 20.4 Å². The number of nitrogens with two attached hydrogens (primary N) is 1. The number of piperidine rings is 1. The van der Waals surface area contributed by atoms with Crippen molar-refractivity contribution in [2.24, 2.45) is 5.92 Å². The molecule has 0 bridgehead atoms. The third kappa shape index (κ3) is 8.08. The van der Waals surface area contributed by atoms with Gasteiger partial charge >= 0.3 is 0 Å². The Hall–Kier alpha value is -6.13. The number of likely N-dealkylation sites (tertiary alicyclic amines) is 1. The Morgan fingerprint density at radius 3 is 2.40 bits per heavy atom. The van der Waals surface area contributed by atoms with E-state index in [2.05, 4.69) is 43.1 Å². The highest BCUT2D eigenvalue weighted by Crippen LogP contribution is 2.35. The molecule has 4 aliphatic heterocycles. The Labute approximate surface area is 348 Å². The van der Waals surface area contributed by atoms with Crippen molar-refractivity contribution in [2.45, 2.75) is 71.8 Å². The number of nitrogens with zero attached hydrogens (tertiary/aromatic N) is 10. The van der Waals surface area contributed by atoms with E-state index < -0.39 is 0 Å². The van der Waals surface area contributed by atoms with Crippen LogP contribution in [0.5, 0.6) is 11.5 Å². The number of phenolic OH excluding ortho intramolecular Hbond substituents is 2. The molecule has 0 saturated carbocycles. The second-order valence-electron chi connectivity index (χ2n) is 16.7. The lowest BCUT2D eigenvalue weighted by Crippen LogP contribution is -2.40. The van der Waals surface area contributed by atoms with Gasteiger partial charge in [-0.1, -0.05) is 32.0 Å². The highest BCUT2D eigenvalue weighted by Gasteiger charge is 2.31. The minimum absolute atomic E-state index is 0.00185. The molecule has 5 aromatic rings. The van der Waals surface area contributed by atoms with Crippen molar-refractivity contribution < 1.29 is 24.5 Å². The van der Waals surface area contributed by atoms with Crippen molar-refractivity contribution in [3.05, 3.63) is 99.8 Å². The number of morpholine rings is 1. The molecule has 2 amide bonds. The van der Waals surface area contributed by atoms with Gasteiger partial charge in [0.25, 0.3) is 11.8 Å². The number of rotatable bonds is 9. The summed E-state index contributed by atoms with van der Waals surface area (Å²) in [6.45, 7) is 12.0. The molecule has 9 rings (SSSR count). The Morgan fingerprint density at radius 1 is 0.867 bits per heavy atom. The number of phenols is 2. The lowest BCUT2D eigenvalue weighted by atomic mass is 9.96. The second-order valence-corrected chi connectivity index (χ2v) is 16.7. The molecule has 0 unspecified atom stereocenters. The zero-order chi connectivity index (χ0) is 41.5. The fourth-order valence-electron chi connectivity index (χ4n) is 8.90. The zero-order valence-electron chi connectivity index (χ0n) is 34.1. The van der Waals surface area contributed by atoms with Crippen molar-refractivity contribution in [3.8, 4) is 22.9 Å². The van der Waals surface area contributed by atoms with Crippen LogP contribution in [0.2, 0.25) is 0 Å². The normalized spacial score (nSPS) is 17.3. The van der Waals surface area contributed by atoms with E-state index in [1.807, 2.05) is 29.6 Å². The SMILES string of the molecule is CC(C)c1cc(C(=O)N2Cc3ccc(CN4CCC(Cn5cc(C(=O)N6CCc7c(nc(-c8cnc(N)nc8)nc7N7CCOCC7)C6)cn5)CC4)cc3C2)c(O)cc1O. The smallest absolute Gasteiger partial charge is 0.258 e. The molecule has 60 heavy (non-hydrogen) atoms.